The maximum Gasteiger partial charge on any atom is 0.333 e. The monoisotopic (exact) mass is 566 g/mol. The molecule has 4 fully saturated rings. The van der Waals surface area contributed by atoms with E-state index >= 15 is 0 Å². The second-order valence-corrected chi connectivity index (χ2v) is 11.0. The standard InChI is InChI=1S/C25H42O14/c1-10-4-3-5-13(19(10)39-24-18(31)17(30)15(28)11(2)35-24)36-25-22-21(16(29)14(9-27)37-25)38-20(23(32)33)12(8-26)6-7-34-22/h10-22,24-31H,3-9H2,1-2H3,(H,32,33). The Labute approximate surface area is 226 Å². The van der Waals surface area contributed by atoms with E-state index in [1.807, 2.05) is 6.92 Å². The fourth-order valence-corrected chi connectivity index (χ4v) is 5.87. The maximum atomic E-state index is 11.9. The average Bonchev–Trinajstić information content (AvgIpc) is 2.89. The van der Waals surface area contributed by atoms with Crippen LogP contribution in [0.1, 0.15) is 39.5 Å². The summed E-state index contributed by atoms with van der Waals surface area (Å²) < 4.78 is 35.7. The molecule has 1 saturated carbocycles. The van der Waals surface area contributed by atoms with Gasteiger partial charge < -0.3 is 64.2 Å². The number of rotatable bonds is 7. The van der Waals surface area contributed by atoms with Crippen molar-refractivity contribution in [1.82, 2.24) is 0 Å². The van der Waals surface area contributed by atoms with Crippen LogP contribution >= 0.6 is 0 Å². The number of hydrogen-bond acceptors (Lipinski definition) is 13. The molecule has 4 aliphatic rings. The first-order chi connectivity index (χ1) is 18.6. The molecule has 3 heterocycles. The van der Waals surface area contributed by atoms with E-state index in [0.29, 0.717) is 6.42 Å². The molecule has 0 aromatic heterocycles. The third-order valence-electron chi connectivity index (χ3n) is 8.29. The summed E-state index contributed by atoms with van der Waals surface area (Å²) in [5.41, 5.74) is 0. The molecule has 3 saturated heterocycles. The van der Waals surface area contributed by atoms with Crippen LogP contribution in [-0.4, -0.2) is 141 Å². The number of aliphatic hydroxyl groups excluding tert-OH is 6. The maximum absolute atomic E-state index is 11.9. The summed E-state index contributed by atoms with van der Waals surface area (Å²) in [7, 11) is 0. The molecular weight excluding hydrogens is 524 g/mol. The molecule has 226 valence electrons. The minimum absolute atomic E-state index is 0.0421. The molecule has 7 N–H and O–H groups in total. The number of carboxylic acids is 1. The van der Waals surface area contributed by atoms with E-state index in [9.17, 15) is 40.5 Å². The molecule has 4 rings (SSSR count). The van der Waals surface area contributed by atoms with Crippen molar-refractivity contribution in [2.75, 3.05) is 19.8 Å². The first-order valence-electron chi connectivity index (χ1n) is 13.6. The van der Waals surface area contributed by atoms with Crippen molar-refractivity contribution in [2.45, 2.75) is 119 Å². The fourth-order valence-electron chi connectivity index (χ4n) is 5.87. The highest BCUT2D eigenvalue weighted by Crippen LogP contribution is 2.37. The zero-order valence-corrected chi connectivity index (χ0v) is 22.1. The number of ether oxygens (including phenoxy) is 6. The molecule has 0 aromatic carbocycles. The quantitative estimate of drug-likeness (QED) is 0.173. The Hall–Kier alpha value is -1.01. The Balaban J connectivity index is 1.54. The molecule has 0 amide bonds. The minimum atomic E-state index is -1.50. The summed E-state index contributed by atoms with van der Waals surface area (Å²) in [5.74, 6) is -2.12. The van der Waals surface area contributed by atoms with Crippen LogP contribution in [0.25, 0.3) is 0 Å². The van der Waals surface area contributed by atoms with Gasteiger partial charge in [-0.3, -0.25) is 0 Å². The lowest BCUT2D eigenvalue weighted by molar-refractivity contribution is -0.356. The molecule has 15 atom stereocenters. The van der Waals surface area contributed by atoms with Gasteiger partial charge in [0.1, 0.15) is 42.7 Å². The van der Waals surface area contributed by atoms with Crippen molar-refractivity contribution in [1.29, 1.82) is 0 Å². The van der Waals surface area contributed by atoms with Gasteiger partial charge in [0.25, 0.3) is 0 Å². The molecule has 39 heavy (non-hydrogen) atoms. The smallest absolute Gasteiger partial charge is 0.333 e. The van der Waals surface area contributed by atoms with Gasteiger partial charge in [-0.2, -0.15) is 0 Å². The van der Waals surface area contributed by atoms with E-state index in [2.05, 4.69) is 0 Å². The van der Waals surface area contributed by atoms with E-state index in [1.54, 1.807) is 6.92 Å². The van der Waals surface area contributed by atoms with Crippen LogP contribution in [0.15, 0.2) is 0 Å². The van der Waals surface area contributed by atoms with Gasteiger partial charge in [-0.1, -0.05) is 13.3 Å². The van der Waals surface area contributed by atoms with Crippen LogP contribution < -0.4 is 0 Å². The number of carbonyl (C=O) groups is 1. The molecule has 0 aromatic rings. The van der Waals surface area contributed by atoms with Crippen molar-refractivity contribution in [3.05, 3.63) is 0 Å². The molecule has 0 bridgehead atoms. The van der Waals surface area contributed by atoms with Gasteiger partial charge in [0.05, 0.1) is 24.9 Å². The first-order valence-corrected chi connectivity index (χ1v) is 13.6. The Morgan fingerprint density at radius 3 is 2.23 bits per heavy atom. The van der Waals surface area contributed by atoms with Crippen molar-refractivity contribution in [3.8, 4) is 0 Å². The van der Waals surface area contributed by atoms with E-state index in [1.165, 1.54) is 0 Å². The number of fused-ring (bicyclic) bond motifs is 1. The molecule has 3 aliphatic heterocycles. The molecule has 14 nitrogen and oxygen atoms in total. The van der Waals surface area contributed by atoms with E-state index in [-0.39, 0.29) is 18.9 Å². The Bertz CT molecular complexity index is 801. The van der Waals surface area contributed by atoms with Crippen molar-refractivity contribution >= 4 is 5.97 Å². The topological polar surface area (TPSA) is 214 Å². The first kappa shape index (κ1) is 30.9. The molecule has 1 aliphatic carbocycles. The fraction of sp³-hybridized carbons (Fsp3) is 0.960. The van der Waals surface area contributed by atoms with E-state index < -0.39 is 105 Å². The second kappa shape index (κ2) is 13.3. The second-order valence-electron chi connectivity index (χ2n) is 11.0. The lowest BCUT2D eigenvalue weighted by Gasteiger charge is -2.48. The minimum Gasteiger partial charge on any atom is -0.479 e. The van der Waals surface area contributed by atoms with Gasteiger partial charge in [0.15, 0.2) is 18.7 Å². The van der Waals surface area contributed by atoms with Gasteiger partial charge in [0.2, 0.25) is 0 Å². The van der Waals surface area contributed by atoms with Crippen molar-refractivity contribution in [3.63, 3.8) is 0 Å². The van der Waals surface area contributed by atoms with Crippen LogP contribution in [-0.2, 0) is 33.2 Å². The van der Waals surface area contributed by atoms with Crippen LogP contribution in [0.2, 0.25) is 0 Å². The van der Waals surface area contributed by atoms with Crippen LogP contribution in [0.5, 0.6) is 0 Å². The SMILES string of the molecule is CC1CCCC(OC2OC(CO)C(O)C3OC(C(=O)O)C(CO)CCOC23)C1OC1OC(C)C(O)C(O)C1O. The van der Waals surface area contributed by atoms with Crippen LogP contribution in [0.3, 0.4) is 0 Å². The number of carboxylic acid groups (broad SMARTS) is 1. The molecule has 14 heteroatoms. The van der Waals surface area contributed by atoms with Gasteiger partial charge in [-0.15, -0.1) is 0 Å². The van der Waals surface area contributed by atoms with Gasteiger partial charge in [-0.05, 0) is 32.1 Å². The molecule has 0 radical (unpaired) electrons. The van der Waals surface area contributed by atoms with Crippen LogP contribution in [0.4, 0.5) is 0 Å². The Kier molecular flexibility index (Phi) is 10.6. The zero-order valence-electron chi connectivity index (χ0n) is 22.1. The normalized spacial score (nSPS) is 49.5. The summed E-state index contributed by atoms with van der Waals surface area (Å²) in [4.78, 5) is 11.9. The summed E-state index contributed by atoms with van der Waals surface area (Å²) in [6.45, 7) is 2.49. The largest absolute Gasteiger partial charge is 0.479 e. The average molecular weight is 567 g/mol. The lowest BCUT2D eigenvalue weighted by Crippen LogP contribution is -2.64. The molecule has 0 spiro atoms. The van der Waals surface area contributed by atoms with E-state index in [4.69, 9.17) is 28.4 Å². The van der Waals surface area contributed by atoms with Crippen molar-refractivity contribution in [2.24, 2.45) is 11.8 Å². The van der Waals surface area contributed by atoms with E-state index in [0.717, 1.165) is 12.8 Å². The van der Waals surface area contributed by atoms with Gasteiger partial charge >= 0.3 is 5.97 Å². The summed E-state index contributed by atoms with van der Waals surface area (Å²) in [5, 5.41) is 70.9. The van der Waals surface area contributed by atoms with Crippen LogP contribution in [0, 0.1) is 11.8 Å². The predicted molar refractivity (Wildman–Crippen MR) is 128 cm³/mol. The number of hydrogen-bond donors (Lipinski definition) is 7. The highest BCUT2D eigenvalue weighted by atomic mass is 16.7. The molecule has 15 unspecified atom stereocenters. The third-order valence-corrected chi connectivity index (χ3v) is 8.29. The Morgan fingerprint density at radius 2 is 1.56 bits per heavy atom. The zero-order chi connectivity index (χ0) is 28.4. The van der Waals surface area contributed by atoms with Gasteiger partial charge in [0, 0.05) is 19.1 Å². The summed E-state index contributed by atoms with van der Waals surface area (Å²) in [6, 6.07) is 0. The Morgan fingerprint density at radius 1 is 0.821 bits per heavy atom. The molecular formula is C25H42O14. The highest BCUT2D eigenvalue weighted by molar-refractivity contribution is 5.72. The summed E-state index contributed by atoms with van der Waals surface area (Å²) in [6.07, 6.45) is -12.7. The summed E-state index contributed by atoms with van der Waals surface area (Å²) >= 11 is 0. The number of aliphatic carboxylic acids is 1. The predicted octanol–water partition coefficient (Wildman–Crippen LogP) is -2.28. The van der Waals surface area contributed by atoms with Gasteiger partial charge in [-0.25, -0.2) is 4.79 Å². The highest BCUT2D eigenvalue weighted by Gasteiger charge is 2.52. The lowest BCUT2D eigenvalue weighted by atomic mass is 9.85. The third kappa shape index (κ3) is 6.58. The van der Waals surface area contributed by atoms with Crippen molar-refractivity contribution < 1.29 is 69.0 Å². The number of aliphatic hydroxyl groups is 6.